The van der Waals surface area contributed by atoms with Crippen LogP contribution in [0.2, 0.25) is 0 Å². The molecule has 0 saturated heterocycles. The summed E-state index contributed by atoms with van der Waals surface area (Å²) >= 11 is 0. The number of alkyl halides is 3. The molecular formula is C17H18F3N9O2. The van der Waals surface area contributed by atoms with Crippen LogP contribution < -0.4 is 11.1 Å². The molecule has 3 heterocycles. The highest BCUT2D eigenvalue weighted by Crippen LogP contribution is 2.28. The molecule has 3 aromatic rings. The molecule has 0 spiro atoms. The first kappa shape index (κ1) is 21.9. The maximum absolute atomic E-state index is 12.7. The molecule has 14 heteroatoms. The van der Waals surface area contributed by atoms with Crippen molar-refractivity contribution in [1.29, 1.82) is 0 Å². The Labute approximate surface area is 173 Å². The number of pyridine rings is 1. The Balaban J connectivity index is 1.44. The van der Waals surface area contributed by atoms with E-state index in [2.05, 4.69) is 30.9 Å². The number of carbonyl (C=O) groups is 2. The van der Waals surface area contributed by atoms with Gasteiger partial charge in [-0.25, -0.2) is 0 Å². The monoisotopic (exact) mass is 437 g/mol. The van der Waals surface area contributed by atoms with Crippen LogP contribution in [-0.4, -0.2) is 46.8 Å². The van der Waals surface area contributed by atoms with Crippen LogP contribution in [0.25, 0.3) is 0 Å². The van der Waals surface area contributed by atoms with Gasteiger partial charge in [-0.2, -0.15) is 13.2 Å². The van der Waals surface area contributed by atoms with Crippen LogP contribution in [0.15, 0.2) is 30.7 Å². The van der Waals surface area contributed by atoms with Crippen LogP contribution in [0.1, 0.15) is 45.1 Å². The lowest BCUT2D eigenvalue weighted by atomic mass is 10.2. The second kappa shape index (κ2) is 9.32. The average Bonchev–Trinajstić information content (AvgIpc) is 3.39. The van der Waals surface area contributed by atoms with E-state index in [1.54, 1.807) is 0 Å². The lowest BCUT2D eigenvalue weighted by Crippen LogP contribution is -2.24. The third kappa shape index (κ3) is 6.07. The van der Waals surface area contributed by atoms with Crippen LogP contribution in [0.5, 0.6) is 0 Å². The van der Waals surface area contributed by atoms with Gasteiger partial charge in [-0.3, -0.25) is 23.9 Å². The first-order valence-corrected chi connectivity index (χ1v) is 9.13. The molecule has 3 N–H and O–H groups in total. The molecule has 3 aromatic heterocycles. The van der Waals surface area contributed by atoms with Gasteiger partial charge in [0.25, 0.3) is 11.8 Å². The predicted octanol–water partition coefficient (Wildman–Crippen LogP) is 0.793. The van der Waals surface area contributed by atoms with E-state index in [1.165, 1.54) is 21.8 Å². The molecule has 3 rings (SSSR count). The maximum Gasteiger partial charge on any atom is 0.416 e. The SMILES string of the molecule is NC(=O)c1cn(CCCCn2cc(C(=O)NCc3cc(C(F)(F)F)ccn3)nn2)nn1. The summed E-state index contributed by atoms with van der Waals surface area (Å²) in [4.78, 5) is 26.9. The quantitative estimate of drug-likeness (QED) is 0.471. The molecule has 0 bridgehead atoms. The Kier molecular flexibility index (Phi) is 6.57. The molecule has 0 aliphatic heterocycles. The van der Waals surface area contributed by atoms with Gasteiger partial charge in [-0.15, -0.1) is 10.2 Å². The summed E-state index contributed by atoms with van der Waals surface area (Å²) in [5, 5.41) is 17.5. The topological polar surface area (TPSA) is 146 Å². The standard InChI is InChI=1S/C17H18F3N9O2/c18-17(19,20)11-3-4-22-12(7-11)8-23-16(31)14-10-29(27-25-14)6-2-1-5-28-9-13(15(21)30)24-26-28/h3-4,7,9-10H,1-2,5-6,8H2,(H2,21,30)(H,23,31). The maximum atomic E-state index is 12.7. The van der Waals surface area contributed by atoms with Crippen molar-refractivity contribution in [2.75, 3.05) is 0 Å². The Morgan fingerprint density at radius 3 is 2.23 bits per heavy atom. The Morgan fingerprint density at radius 1 is 1.03 bits per heavy atom. The summed E-state index contributed by atoms with van der Waals surface area (Å²) in [6.45, 7) is 0.819. The van der Waals surface area contributed by atoms with Crippen LogP contribution >= 0.6 is 0 Å². The molecule has 164 valence electrons. The van der Waals surface area contributed by atoms with E-state index < -0.39 is 23.6 Å². The molecule has 0 aromatic carbocycles. The van der Waals surface area contributed by atoms with Gasteiger partial charge in [0.2, 0.25) is 0 Å². The van der Waals surface area contributed by atoms with Crippen LogP contribution in [-0.2, 0) is 25.8 Å². The Hall–Kier alpha value is -3.84. The van der Waals surface area contributed by atoms with Gasteiger partial charge >= 0.3 is 6.18 Å². The Bertz CT molecular complexity index is 1060. The third-order valence-electron chi connectivity index (χ3n) is 4.16. The largest absolute Gasteiger partial charge is 0.416 e. The third-order valence-corrected chi connectivity index (χ3v) is 4.16. The molecule has 0 saturated carbocycles. The molecule has 0 aliphatic carbocycles. The lowest BCUT2D eigenvalue weighted by Gasteiger charge is -2.08. The van der Waals surface area contributed by atoms with Gasteiger partial charge < -0.3 is 11.1 Å². The lowest BCUT2D eigenvalue weighted by molar-refractivity contribution is -0.137. The predicted molar refractivity (Wildman–Crippen MR) is 98.2 cm³/mol. The van der Waals surface area contributed by atoms with Crippen LogP contribution in [0, 0.1) is 0 Å². The number of nitrogens with one attached hydrogen (secondary N) is 1. The van der Waals surface area contributed by atoms with Gasteiger partial charge in [0.05, 0.1) is 30.2 Å². The molecule has 31 heavy (non-hydrogen) atoms. The molecule has 0 fully saturated rings. The zero-order valence-corrected chi connectivity index (χ0v) is 16.1. The number of aryl methyl sites for hydroxylation is 2. The zero-order chi connectivity index (χ0) is 22.4. The fourth-order valence-electron chi connectivity index (χ4n) is 2.59. The first-order valence-electron chi connectivity index (χ1n) is 9.13. The summed E-state index contributed by atoms with van der Waals surface area (Å²) < 4.78 is 41.2. The summed E-state index contributed by atoms with van der Waals surface area (Å²) in [5.74, 6) is -1.23. The van der Waals surface area contributed by atoms with E-state index in [9.17, 15) is 22.8 Å². The summed E-state index contributed by atoms with van der Waals surface area (Å²) in [6, 6.07) is 1.73. The van der Waals surface area contributed by atoms with Gasteiger partial charge in [0.15, 0.2) is 11.4 Å². The summed E-state index contributed by atoms with van der Waals surface area (Å²) in [5.41, 5.74) is 4.47. The highest BCUT2D eigenvalue weighted by Gasteiger charge is 2.30. The van der Waals surface area contributed by atoms with Crippen molar-refractivity contribution in [3.63, 3.8) is 0 Å². The van der Waals surface area contributed by atoms with Crippen molar-refractivity contribution in [3.05, 3.63) is 53.4 Å². The smallest absolute Gasteiger partial charge is 0.364 e. The number of amides is 2. The number of unbranched alkanes of at least 4 members (excludes halogenated alkanes) is 1. The van der Waals surface area contributed by atoms with Crippen LogP contribution in [0.4, 0.5) is 13.2 Å². The van der Waals surface area contributed by atoms with Crippen molar-refractivity contribution >= 4 is 11.8 Å². The van der Waals surface area contributed by atoms with Crippen molar-refractivity contribution < 1.29 is 22.8 Å². The molecule has 0 atom stereocenters. The number of primary amides is 1. The van der Waals surface area contributed by atoms with E-state index >= 15 is 0 Å². The number of aromatic nitrogens is 7. The van der Waals surface area contributed by atoms with E-state index in [1.807, 2.05) is 0 Å². The minimum atomic E-state index is -4.48. The molecule has 0 aliphatic rings. The molecular weight excluding hydrogens is 419 g/mol. The number of hydrogen-bond acceptors (Lipinski definition) is 7. The fraction of sp³-hybridized carbons (Fsp3) is 0.353. The van der Waals surface area contributed by atoms with E-state index in [4.69, 9.17) is 5.73 Å². The van der Waals surface area contributed by atoms with Crippen molar-refractivity contribution in [2.24, 2.45) is 5.73 Å². The van der Waals surface area contributed by atoms with Crippen LogP contribution in [0.3, 0.4) is 0 Å². The minimum Gasteiger partial charge on any atom is -0.364 e. The minimum absolute atomic E-state index is 0.0364. The van der Waals surface area contributed by atoms with Crippen molar-refractivity contribution in [1.82, 2.24) is 40.3 Å². The van der Waals surface area contributed by atoms with Gasteiger partial charge in [0, 0.05) is 19.3 Å². The molecule has 2 amide bonds. The molecule has 11 nitrogen and oxygen atoms in total. The number of rotatable bonds is 9. The molecule has 0 unspecified atom stereocenters. The fourth-order valence-corrected chi connectivity index (χ4v) is 2.59. The van der Waals surface area contributed by atoms with E-state index in [0.717, 1.165) is 18.3 Å². The number of halogens is 3. The molecule has 0 radical (unpaired) electrons. The number of nitrogens with zero attached hydrogens (tertiary/aromatic N) is 7. The second-order valence-corrected chi connectivity index (χ2v) is 6.52. The van der Waals surface area contributed by atoms with E-state index in [0.29, 0.717) is 25.9 Å². The summed E-state index contributed by atoms with van der Waals surface area (Å²) in [6.07, 6.45) is 0.834. The number of carbonyl (C=O) groups excluding carboxylic acids is 2. The average molecular weight is 437 g/mol. The first-order chi connectivity index (χ1) is 14.7. The number of hydrogen-bond donors (Lipinski definition) is 2. The van der Waals surface area contributed by atoms with Crippen molar-refractivity contribution in [2.45, 2.75) is 38.7 Å². The highest BCUT2D eigenvalue weighted by atomic mass is 19.4. The van der Waals surface area contributed by atoms with Gasteiger partial charge in [0.1, 0.15) is 0 Å². The van der Waals surface area contributed by atoms with Gasteiger partial charge in [-0.05, 0) is 25.0 Å². The Morgan fingerprint density at radius 2 is 1.65 bits per heavy atom. The summed E-state index contributed by atoms with van der Waals surface area (Å²) in [7, 11) is 0. The number of nitrogens with two attached hydrogens (primary N) is 1. The second-order valence-electron chi connectivity index (χ2n) is 6.52. The normalized spacial score (nSPS) is 11.5. The zero-order valence-electron chi connectivity index (χ0n) is 16.1. The highest BCUT2D eigenvalue weighted by molar-refractivity contribution is 5.91. The van der Waals surface area contributed by atoms with E-state index in [-0.39, 0.29) is 23.6 Å². The van der Waals surface area contributed by atoms with Crippen molar-refractivity contribution in [3.8, 4) is 0 Å². The van der Waals surface area contributed by atoms with Gasteiger partial charge in [-0.1, -0.05) is 10.4 Å².